The van der Waals surface area contributed by atoms with Gasteiger partial charge in [-0.3, -0.25) is 4.79 Å². The number of carboxylic acid groups (broad SMARTS) is 1. The van der Waals surface area contributed by atoms with Crippen molar-refractivity contribution in [2.24, 2.45) is 0 Å². The molecule has 1 aromatic carbocycles. The lowest BCUT2D eigenvalue weighted by Gasteiger charge is -2.05. The second-order valence-corrected chi connectivity index (χ2v) is 3.44. The van der Waals surface area contributed by atoms with Gasteiger partial charge in [0.05, 0.1) is 5.97 Å². The average molecular weight is 218 g/mol. The second-order valence-electron chi connectivity index (χ2n) is 3.44. The number of carbonyl (C=O) groups excluding carboxylic acids is 2. The molecule has 0 atom stereocenters. The van der Waals surface area contributed by atoms with Crippen molar-refractivity contribution in [2.45, 2.75) is 13.8 Å². The van der Waals surface area contributed by atoms with Gasteiger partial charge >= 0.3 is 0 Å². The number of hydrogen-bond acceptors (Lipinski definition) is 3. The van der Waals surface area contributed by atoms with Crippen LogP contribution < -0.4 is 10.4 Å². The first-order valence-corrected chi connectivity index (χ1v) is 4.76. The van der Waals surface area contributed by atoms with Crippen molar-refractivity contribution in [3.05, 3.63) is 41.5 Å². The molecule has 0 saturated carbocycles. The van der Waals surface area contributed by atoms with Crippen LogP contribution in [0.25, 0.3) is 0 Å². The number of anilines is 1. The summed E-state index contributed by atoms with van der Waals surface area (Å²) in [7, 11) is 0. The molecule has 1 aromatic rings. The Kier molecular flexibility index (Phi) is 3.83. The Balaban J connectivity index is 2.70. The molecule has 0 aliphatic heterocycles. The van der Waals surface area contributed by atoms with Gasteiger partial charge in [0.15, 0.2) is 0 Å². The predicted molar refractivity (Wildman–Crippen MR) is 58.7 cm³/mol. The molecule has 1 N–H and O–H groups in total. The van der Waals surface area contributed by atoms with Crippen LogP contribution >= 0.6 is 0 Å². The molecule has 4 heteroatoms. The summed E-state index contributed by atoms with van der Waals surface area (Å²) in [5, 5.41) is 12.6. The van der Waals surface area contributed by atoms with E-state index in [1.54, 1.807) is 6.07 Å². The minimum atomic E-state index is -1.39. The highest BCUT2D eigenvalue weighted by Gasteiger charge is 1.99. The molecule has 4 nitrogen and oxygen atoms in total. The Hall–Kier alpha value is -2.10. The first kappa shape index (κ1) is 12.0. The summed E-state index contributed by atoms with van der Waals surface area (Å²) in [4.78, 5) is 21.3. The third-order valence-corrected chi connectivity index (χ3v) is 2.15. The van der Waals surface area contributed by atoms with Crippen LogP contribution in [-0.2, 0) is 9.59 Å². The Morgan fingerprint density at radius 3 is 2.44 bits per heavy atom. The number of carbonyl (C=O) groups is 2. The quantitative estimate of drug-likeness (QED) is 0.753. The molecule has 0 spiro atoms. The molecule has 0 aromatic heterocycles. The Bertz CT molecular complexity index is 450. The van der Waals surface area contributed by atoms with Crippen LogP contribution in [-0.4, -0.2) is 11.9 Å². The summed E-state index contributed by atoms with van der Waals surface area (Å²) >= 11 is 0. The number of aliphatic carboxylic acids is 1. The summed E-state index contributed by atoms with van der Waals surface area (Å²) in [6.07, 6.45) is 1.61. The van der Waals surface area contributed by atoms with Crippen LogP contribution in [0.15, 0.2) is 30.4 Å². The molecular weight excluding hydrogens is 206 g/mol. The molecule has 0 aliphatic carbocycles. The molecular formula is C12H12NO3-. The van der Waals surface area contributed by atoms with Crippen molar-refractivity contribution >= 4 is 17.6 Å². The Morgan fingerprint density at radius 1 is 1.19 bits per heavy atom. The molecule has 0 fully saturated rings. The molecule has 0 unspecified atom stereocenters. The molecule has 0 bridgehead atoms. The van der Waals surface area contributed by atoms with Crippen molar-refractivity contribution in [3.8, 4) is 0 Å². The number of carboxylic acids is 1. The second kappa shape index (κ2) is 5.11. The first-order valence-electron chi connectivity index (χ1n) is 4.76. The van der Waals surface area contributed by atoms with Crippen molar-refractivity contribution < 1.29 is 14.7 Å². The highest BCUT2D eigenvalue weighted by atomic mass is 16.4. The van der Waals surface area contributed by atoms with Gasteiger partial charge in [-0.25, -0.2) is 0 Å². The number of benzene rings is 1. The molecule has 84 valence electrons. The monoisotopic (exact) mass is 218 g/mol. The fourth-order valence-electron chi connectivity index (χ4n) is 1.15. The number of amides is 1. The highest BCUT2D eigenvalue weighted by molar-refractivity contribution is 6.02. The van der Waals surface area contributed by atoms with E-state index in [4.69, 9.17) is 0 Å². The summed E-state index contributed by atoms with van der Waals surface area (Å²) in [6.45, 7) is 3.90. The normalized spacial score (nSPS) is 10.4. The van der Waals surface area contributed by atoms with Gasteiger partial charge in [0.2, 0.25) is 5.91 Å². The van der Waals surface area contributed by atoms with E-state index in [9.17, 15) is 14.7 Å². The van der Waals surface area contributed by atoms with Gasteiger partial charge in [-0.05, 0) is 43.2 Å². The summed E-state index contributed by atoms with van der Waals surface area (Å²) in [5.41, 5.74) is 2.82. The zero-order chi connectivity index (χ0) is 12.1. The van der Waals surface area contributed by atoms with Crippen LogP contribution in [0.5, 0.6) is 0 Å². The van der Waals surface area contributed by atoms with Crippen LogP contribution in [0.2, 0.25) is 0 Å². The van der Waals surface area contributed by atoms with E-state index in [-0.39, 0.29) is 0 Å². The number of rotatable bonds is 3. The first-order chi connectivity index (χ1) is 7.49. The van der Waals surface area contributed by atoms with Gasteiger partial charge in [-0.15, -0.1) is 0 Å². The lowest BCUT2D eigenvalue weighted by atomic mass is 10.1. The maximum Gasteiger partial charge on any atom is 0.248 e. The van der Waals surface area contributed by atoms with E-state index in [1.165, 1.54) is 0 Å². The van der Waals surface area contributed by atoms with Crippen molar-refractivity contribution in [2.75, 3.05) is 5.32 Å². The summed E-state index contributed by atoms with van der Waals surface area (Å²) in [6, 6.07) is 5.46. The van der Waals surface area contributed by atoms with Crippen LogP contribution in [0.1, 0.15) is 11.1 Å². The van der Waals surface area contributed by atoms with Crippen molar-refractivity contribution in [3.63, 3.8) is 0 Å². The standard InChI is InChI=1S/C12H13NO3/c1-8-3-4-10(7-9(8)2)13-11(14)5-6-12(15)16/h3-7H,1-2H3,(H,13,14)(H,15,16)/p-1. The minimum absolute atomic E-state index is 0.493. The summed E-state index contributed by atoms with van der Waals surface area (Å²) < 4.78 is 0. The van der Waals surface area contributed by atoms with E-state index in [0.717, 1.165) is 17.2 Å². The molecule has 0 heterocycles. The van der Waals surface area contributed by atoms with E-state index >= 15 is 0 Å². The van der Waals surface area contributed by atoms with Crippen LogP contribution in [0.4, 0.5) is 5.69 Å². The fourth-order valence-corrected chi connectivity index (χ4v) is 1.15. The topological polar surface area (TPSA) is 69.2 Å². The van der Waals surface area contributed by atoms with E-state index in [1.807, 2.05) is 26.0 Å². The van der Waals surface area contributed by atoms with Gasteiger partial charge in [0.1, 0.15) is 0 Å². The molecule has 0 aliphatic rings. The smallest absolute Gasteiger partial charge is 0.248 e. The molecule has 0 saturated heterocycles. The fraction of sp³-hybridized carbons (Fsp3) is 0.167. The van der Waals surface area contributed by atoms with Gasteiger partial charge in [0, 0.05) is 11.8 Å². The van der Waals surface area contributed by atoms with Crippen molar-refractivity contribution in [1.29, 1.82) is 0 Å². The van der Waals surface area contributed by atoms with E-state index in [2.05, 4.69) is 5.32 Å². The largest absolute Gasteiger partial charge is 0.545 e. The van der Waals surface area contributed by atoms with Crippen LogP contribution in [0, 0.1) is 13.8 Å². The lowest BCUT2D eigenvalue weighted by Crippen LogP contribution is -2.20. The molecule has 0 radical (unpaired) electrons. The third kappa shape index (κ3) is 3.57. The molecule has 16 heavy (non-hydrogen) atoms. The number of hydrogen-bond donors (Lipinski definition) is 1. The average Bonchev–Trinajstić information content (AvgIpc) is 2.21. The van der Waals surface area contributed by atoms with E-state index < -0.39 is 11.9 Å². The van der Waals surface area contributed by atoms with Gasteiger partial charge in [-0.2, -0.15) is 0 Å². The lowest BCUT2D eigenvalue weighted by molar-refractivity contribution is -0.297. The Labute approximate surface area is 93.6 Å². The number of nitrogens with one attached hydrogen (secondary N) is 1. The predicted octanol–water partition coefficient (Wildman–Crippen LogP) is 0.548. The maximum atomic E-state index is 11.2. The van der Waals surface area contributed by atoms with Gasteiger partial charge in [-0.1, -0.05) is 6.07 Å². The molecule has 1 amide bonds. The van der Waals surface area contributed by atoms with Gasteiger partial charge in [0.25, 0.3) is 0 Å². The maximum absolute atomic E-state index is 11.2. The van der Waals surface area contributed by atoms with E-state index in [0.29, 0.717) is 11.8 Å². The third-order valence-electron chi connectivity index (χ3n) is 2.15. The highest BCUT2D eigenvalue weighted by Crippen LogP contribution is 2.13. The minimum Gasteiger partial charge on any atom is -0.545 e. The SMILES string of the molecule is Cc1ccc(NC(=O)C=CC(=O)[O-])cc1C. The summed E-state index contributed by atoms with van der Waals surface area (Å²) in [5.74, 6) is -1.89. The number of aryl methyl sites for hydroxylation is 2. The zero-order valence-corrected chi connectivity index (χ0v) is 9.11. The van der Waals surface area contributed by atoms with Gasteiger partial charge < -0.3 is 15.2 Å². The van der Waals surface area contributed by atoms with Crippen molar-refractivity contribution in [1.82, 2.24) is 0 Å². The zero-order valence-electron chi connectivity index (χ0n) is 9.11. The Morgan fingerprint density at radius 2 is 1.88 bits per heavy atom. The molecule has 1 rings (SSSR count). The van der Waals surface area contributed by atoms with Crippen LogP contribution in [0.3, 0.4) is 0 Å².